The lowest BCUT2D eigenvalue weighted by molar-refractivity contribution is -0.146. The van der Waals surface area contributed by atoms with Crippen LogP contribution in [-0.2, 0) is 31.0 Å². The first-order valence-corrected chi connectivity index (χ1v) is 14.3. The van der Waals surface area contributed by atoms with Crippen molar-refractivity contribution >= 4 is 29.1 Å². The van der Waals surface area contributed by atoms with Gasteiger partial charge in [-0.2, -0.15) is 0 Å². The molecule has 1 unspecified atom stereocenters. The van der Waals surface area contributed by atoms with E-state index in [0.717, 1.165) is 16.7 Å². The van der Waals surface area contributed by atoms with E-state index in [9.17, 15) is 19.5 Å². The monoisotopic (exact) mass is 569 g/mol. The van der Waals surface area contributed by atoms with Gasteiger partial charge < -0.3 is 14.6 Å². The number of aliphatic hydroxyl groups is 1. The highest BCUT2D eigenvalue weighted by molar-refractivity contribution is 6.51. The number of aliphatic hydroxyl groups excluding tert-OH is 1. The van der Waals surface area contributed by atoms with Crippen LogP contribution in [0.3, 0.4) is 0 Å². The van der Waals surface area contributed by atoms with Crippen LogP contribution in [0.4, 0.5) is 5.69 Å². The van der Waals surface area contributed by atoms with E-state index in [-0.39, 0.29) is 35.2 Å². The standard InChI is InChI=1S/C35H39NO6/c1-8-41-28-17-14-25(20-27(28)35(5,6)7)32(38)30-31(24-11-9-10-22(4)18-24)36(34(40)33(30)39)26-15-12-23(13-16-26)19-29(37)42-21(2)3/h9-18,20-21,31,38H,8,19H2,1-7H3/b32-30-. The first-order valence-electron chi connectivity index (χ1n) is 14.3. The molecule has 4 rings (SSSR count). The Kier molecular flexibility index (Phi) is 8.90. The summed E-state index contributed by atoms with van der Waals surface area (Å²) in [4.78, 5) is 40.8. The molecule has 0 aliphatic carbocycles. The molecule has 0 bridgehead atoms. The highest BCUT2D eigenvalue weighted by Gasteiger charge is 2.47. The second kappa shape index (κ2) is 12.2. The highest BCUT2D eigenvalue weighted by Crippen LogP contribution is 2.43. The molecule has 220 valence electrons. The van der Waals surface area contributed by atoms with Gasteiger partial charge in [0.1, 0.15) is 11.5 Å². The van der Waals surface area contributed by atoms with Crippen molar-refractivity contribution in [3.05, 3.63) is 100 Å². The maximum Gasteiger partial charge on any atom is 0.310 e. The Morgan fingerprint density at radius 1 is 1.00 bits per heavy atom. The van der Waals surface area contributed by atoms with Gasteiger partial charge in [-0.3, -0.25) is 19.3 Å². The zero-order chi connectivity index (χ0) is 30.8. The third-order valence-electron chi connectivity index (χ3n) is 7.09. The normalized spacial score (nSPS) is 16.7. The van der Waals surface area contributed by atoms with E-state index in [2.05, 4.69) is 0 Å². The number of Topliss-reactive ketones (excluding diaryl/α,β-unsaturated/α-hetero) is 1. The molecular weight excluding hydrogens is 530 g/mol. The van der Waals surface area contributed by atoms with Gasteiger partial charge in [0, 0.05) is 16.8 Å². The van der Waals surface area contributed by atoms with Crippen molar-refractivity contribution in [2.45, 2.75) is 72.4 Å². The van der Waals surface area contributed by atoms with E-state index in [1.165, 1.54) is 4.90 Å². The van der Waals surface area contributed by atoms with Crippen molar-refractivity contribution in [2.75, 3.05) is 11.5 Å². The average Bonchev–Trinajstić information content (AvgIpc) is 3.18. The predicted molar refractivity (Wildman–Crippen MR) is 164 cm³/mol. The average molecular weight is 570 g/mol. The van der Waals surface area contributed by atoms with E-state index < -0.39 is 17.7 Å². The Labute approximate surface area is 247 Å². The van der Waals surface area contributed by atoms with E-state index in [1.54, 1.807) is 50.2 Å². The summed E-state index contributed by atoms with van der Waals surface area (Å²) in [5, 5.41) is 11.7. The van der Waals surface area contributed by atoms with Crippen LogP contribution in [0, 0.1) is 6.92 Å². The molecule has 1 atom stereocenters. The minimum atomic E-state index is -0.855. The largest absolute Gasteiger partial charge is 0.507 e. The molecule has 1 aliphatic heterocycles. The first-order chi connectivity index (χ1) is 19.8. The Morgan fingerprint density at radius 2 is 1.69 bits per heavy atom. The number of carbonyl (C=O) groups is 3. The third-order valence-corrected chi connectivity index (χ3v) is 7.09. The number of ketones is 1. The summed E-state index contributed by atoms with van der Waals surface area (Å²) in [6.45, 7) is 14.1. The number of aryl methyl sites for hydroxylation is 1. The van der Waals surface area contributed by atoms with Gasteiger partial charge in [0.2, 0.25) is 0 Å². The van der Waals surface area contributed by atoms with E-state index in [4.69, 9.17) is 9.47 Å². The number of benzene rings is 3. The minimum Gasteiger partial charge on any atom is -0.507 e. The number of rotatable bonds is 8. The molecule has 3 aromatic carbocycles. The van der Waals surface area contributed by atoms with Crippen LogP contribution in [0.5, 0.6) is 5.75 Å². The van der Waals surface area contributed by atoms with Gasteiger partial charge in [0.05, 0.1) is 30.7 Å². The molecule has 0 aromatic heterocycles. The number of hydrogen-bond donors (Lipinski definition) is 1. The summed E-state index contributed by atoms with van der Waals surface area (Å²) in [6, 6.07) is 18.9. The number of anilines is 1. The number of amides is 1. The summed E-state index contributed by atoms with van der Waals surface area (Å²) < 4.78 is 11.1. The smallest absolute Gasteiger partial charge is 0.310 e. The fourth-order valence-electron chi connectivity index (χ4n) is 5.20. The lowest BCUT2D eigenvalue weighted by Gasteiger charge is -2.26. The molecule has 42 heavy (non-hydrogen) atoms. The van der Waals surface area contributed by atoms with Crippen molar-refractivity contribution in [1.82, 2.24) is 0 Å². The number of nitrogens with zero attached hydrogens (tertiary/aromatic N) is 1. The molecule has 1 heterocycles. The maximum atomic E-state index is 13.6. The summed E-state index contributed by atoms with van der Waals surface area (Å²) in [7, 11) is 0. The summed E-state index contributed by atoms with van der Waals surface area (Å²) in [5.41, 5.74) is 3.86. The second-order valence-corrected chi connectivity index (χ2v) is 11.9. The number of ether oxygens (including phenoxy) is 2. The summed E-state index contributed by atoms with van der Waals surface area (Å²) in [6.07, 6.45) is -0.125. The maximum absolute atomic E-state index is 13.6. The number of carbonyl (C=O) groups excluding carboxylic acids is 3. The molecule has 1 amide bonds. The van der Waals surface area contributed by atoms with Crippen LogP contribution in [0.1, 0.15) is 75.4 Å². The third kappa shape index (κ3) is 6.40. The summed E-state index contributed by atoms with van der Waals surface area (Å²) in [5.74, 6) is -1.40. The molecule has 0 radical (unpaired) electrons. The van der Waals surface area contributed by atoms with E-state index in [0.29, 0.717) is 29.2 Å². The van der Waals surface area contributed by atoms with Crippen LogP contribution in [-0.4, -0.2) is 35.5 Å². The number of hydrogen-bond acceptors (Lipinski definition) is 6. The van der Waals surface area contributed by atoms with Crippen molar-refractivity contribution < 1.29 is 29.0 Å². The zero-order valence-electron chi connectivity index (χ0n) is 25.4. The lowest BCUT2D eigenvalue weighted by Crippen LogP contribution is -2.29. The molecule has 0 spiro atoms. The van der Waals surface area contributed by atoms with E-state index in [1.807, 2.05) is 65.0 Å². The molecule has 1 fully saturated rings. The van der Waals surface area contributed by atoms with Gasteiger partial charge in [-0.15, -0.1) is 0 Å². The number of esters is 1. The highest BCUT2D eigenvalue weighted by atomic mass is 16.5. The summed E-state index contributed by atoms with van der Waals surface area (Å²) >= 11 is 0. The molecule has 3 aromatic rings. The molecule has 7 heteroatoms. The Balaban J connectivity index is 1.83. The fraction of sp³-hybridized carbons (Fsp3) is 0.343. The molecule has 1 N–H and O–H groups in total. The van der Waals surface area contributed by atoms with Crippen LogP contribution in [0.15, 0.2) is 72.3 Å². The zero-order valence-corrected chi connectivity index (χ0v) is 25.4. The van der Waals surface area contributed by atoms with Gasteiger partial charge in [0.15, 0.2) is 0 Å². The van der Waals surface area contributed by atoms with Gasteiger partial charge in [-0.05, 0) is 74.6 Å². The first kappa shape index (κ1) is 30.6. The predicted octanol–water partition coefficient (Wildman–Crippen LogP) is 6.81. The molecule has 1 saturated heterocycles. The van der Waals surface area contributed by atoms with Crippen LogP contribution in [0.25, 0.3) is 5.76 Å². The molecular formula is C35H39NO6. The van der Waals surface area contributed by atoms with Crippen LogP contribution in [0.2, 0.25) is 0 Å². The SMILES string of the molecule is CCOc1ccc(/C(O)=C2/C(=O)C(=O)N(c3ccc(CC(=O)OC(C)C)cc3)C2c2cccc(C)c2)cc1C(C)(C)C. The Hall–Kier alpha value is -4.39. The van der Waals surface area contributed by atoms with E-state index >= 15 is 0 Å². The quantitative estimate of drug-likeness (QED) is 0.139. The molecule has 1 aliphatic rings. The molecule has 0 saturated carbocycles. The lowest BCUT2D eigenvalue weighted by atomic mass is 9.84. The van der Waals surface area contributed by atoms with Crippen molar-refractivity contribution in [1.29, 1.82) is 0 Å². The van der Waals surface area contributed by atoms with Gasteiger partial charge in [-0.25, -0.2) is 0 Å². The van der Waals surface area contributed by atoms with Crippen molar-refractivity contribution in [3.63, 3.8) is 0 Å². The van der Waals surface area contributed by atoms with Gasteiger partial charge in [-0.1, -0.05) is 62.7 Å². The molecule has 7 nitrogen and oxygen atoms in total. The Morgan fingerprint density at radius 3 is 2.29 bits per heavy atom. The Bertz CT molecular complexity index is 1530. The second-order valence-electron chi connectivity index (χ2n) is 11.9. The van der Waals surface area contributed by atoms with Gasteiger partial charge >= 0.3 is 5.97 Å². The van der Waals surface area contributed by atoms with Crippen molar-refractivity contribution in [3.8, 4) is 5.75 Å². The van der Waals surface area contributed by atoms with Crippen LogP contribution >= 0.6 is 0 Å². The topological polar surface area (TPSA) is 93.1 Å². The van der Waals surface area contributed by atoms with Crippen molar-refractivity contribution in [2.24, 2.45) is 0 Å². The van der Waals surface area contributed by atoms with Crippen LogP contribution < -0.4 is 9.64 Å². The van der Waals surface area contributed by atoms with Gasteiger partial charge in [0.25, 0.3) is 11.7 Å². The minimum absolute atomic E-state index is 0.0132. The fourth-order valence-corrected chi connectivity index (χ4v) is 5.20.